The Labute approximate surface area is 406 Å². The molecule has 4 amide bonds. The number of aromatic amines is 1. The van der Waals surface area contributed by atoms with E-state index in [9.17, 15) is 50.3 Å². The van der Waals surface area contributed by atoms with Crippen LogP contribution in [0.2, 0.25) is 0 Å². The lowest BCUT2D eigenvalue weighted by atomic mass is 9.85. The molecule has 2 aliphatic rings. The zero-order valence-electron chi connectivity index (χ0n) is 40.1. The number of aryl methyl sites for hydroxylation is 1. The number of allylic oxidation sites excluding steroid dienone is 1. The van der Waals surface area contributed by atoms with E-state index in [1.165, 1.54) is 29.4 Å². The number of aliphatic carboxylic acids is 1. The number of H-pyrrole nitrogens is 1. The van der Waals surface area contributed by atoms with Crippen molar-refractivity contribution in [3.05, 3.63) is 101 Å². The number of alkyl halides is 6. The third-order valence-electron chi connectivity index (χ3n) is 12.6. The minimum absolute atomic E-state index is 0.0436. The first-order chi connectivity index (χ1) is 33.2. The predicted octanol–water partition coefficient (Wildman–Crippen LogP) is 8.76. The van der Waals surface area contributed by atoms with Crippen molar-refractivity contribution in [3.8, 4) is 22.5 Å². The number of carboxylic acid groups (broad SMARTS) is 1. The van der Waals surface area contributed by atoms with E-state index in [4.69, 9.17) is 9.84 Å². The third kappa shape index (κ3) is 13.0. The average molecular weight is 997 g/mol. The molecule has 71 heavy (non-hydrogen) atoms. The first kappa shape index (κ1) is 53.6. The van der Waals surface area contributed by atoms with Crippen LogP contribution >= 0.6 is 0 Å². The molecule has 0 unspecified atom stereocenters. The molecule has 2 fully saturated rings. The summed E-state index contributed by atoms with van der Waals surface area (Å²) in [5.74, 6) is -26.0. The van der Waals surface area contributed by atoms with E-state index in [2.05, 4.69) is 50.3 Å². The average Bonchev–Trinajstić information content (AvgIpc) is 3.82. The molecule has 15 nitrogen and oxygen atoms in total. The lowest BCUT2D eigenvalue weighted by molar-refractivity contribution is -0.311. The van der Waals surface area contributed by atoms with Crippen molar-refractivity contribution in [1.82, 2.24) is 36.0 Å². The number of ether oxygens (including phenoxy) is 1. The van der Waals surface area contributed by atoms with Crippen molar-refractivity contribution in [3.63, 3.8) is 0 Å². The topological polar surface area (TPSA) is 208 Å². The summed E-state index contributed by atoms with van der Waals surface area (Å²) in [5.41, 5.74) is 4.18. The van der Waals surface area contributed by atoms with Crippen LogP contribution in [0, 0.1) is 12.8 Å². The van der Waals surface area contributed by atoms with Crippen molar-refractivity contribution >= 4 is 35.5 Å². The van der Waals surface area contributed by atoms with Crippen molar-refractivity contribution < 1.29 is 60.2 Å². The van der Waals surface area contributed by atoms with E-state index < -0.39 is 64.9 Å². The van der Waals surface area contributed by atoms with Crippen LogP contribution in [-0.2, 0) is 31.5 Å². The van der Waals surface area contributed by atoms with Crippen LogP contribution in [-0.4, -0.2) is 105 Å². The molecule has 6 rings (SSSR count). The zero-order valence-corrected chi connectivity index (χ0v) is 40.1. The summed E-state index contributed by atoms with van der Waals surface area (Å²) >= 11 is 0. The Bertz CT molecular complexity index is 2600. The molecule has 4 aromatic rings. The number of nitrogens with zero attached hydrogens (tertiary/aromatic N) is 3. The van der Waals surface area contributed by atoms with E-state index in [1.54, 1.807) is 33.0 Å². The van der Waals surface area contributed by atoms with Gasteiger partial charge in [0.25, 0.3) is 5.91 Å². The highest BCUT2D eigenvalue weighted by atomic mass is 19.3. The van der Waals surface area contributed by atoms with E-state index in [-0.39, 0.29) is 35.5 Å². The molecule has 1 aromatic heterocycles. The number of carbonyl (C=O) groups is 5. The molecule has 0 radical (unpaired) electrons. The summed E-state index contributed by atoms with van der Waals surface area (Å²) in [6.45, 7) is 7.15. The molecule has 21 heteroatoms. The van der Waals surface area contributed by atoms with Crippen LogP contribution in [0.1, 0.15) is 99.4 Å². The number of hydrogen-bond acceptors (Lipinski definition) is 9. The zero-order chi connectivity index (χ0) is 52.1. The highest BCUT2D eigenvalue weighted by Gasteiger charge is 2.77. The maximum absolute atomic E-state index is 14.6. The van der Waals surface area contributed by atoms with Gasteiger partial charge in [-0.3, -0.25) is 24.8 Å². The second kappa shape index (κ2) is 21.7. The molecule has 2 aliphatic carbocycles. The fraction of sp³-hybridized carbons (Fsp3) is 0.460. The van der Waals surface area contributed by atoms with Crippen LogP contribution in [0.5, 0.6) is 0 Å². The Kier molecular flexibility index (Phi) is 16.4. The summed E-state index contributed by atoms with van der Waals surface area (Å²) in [5, 5.41) is 24.8. The van der Waals surface area contributed by atoms with Gasteiger partial charge in [0.05, 0.1) is 0 Å². The Balaban J connectivity index is 1.15. The second-order valence-electron chi connectivity index (χ2n) is 19.3. The van der Waals surface area contributed by atoms with Gasteiger partial charge in [0.1, 0.15) is 11.6 Å². The van der Waals surface area contributed by atoms with Crippen molar-refractivity contribution in [1.29, 1.82) is 0 Å². The number of amides is 4. The first-order valence-corrected chi connectivity index (χ1v) is 23.1. The molecular formula is C50H58F6N8O7. The molecule has 2 saturated carbocycles. The molecule has 1 heterocycles. The fourth-order valence-electron chi connectivity index (χ4n) is 8.50. The standard InChI is InChI=1S/C50H58F6N8O7/c1-28-25-34(42(66)58-36-20-22-37(23-21-36)64(5)6)17-24-38(28)31-11-7-29(8-12-31)26-39(60-41(65)33-13-9-30(10-14-33)27-57-46(70)71-47(2,3)4)43(67)59-35-18-15-32(16-19-35)40-61-44(63-62-40)48(51,52)50(55,56)49(53,54)45(68)69/h7-8,11-12,15-19,24-25,27,33,36-37,39H,9-10,13-14,20-23,26H2,1-6H3,(H,57,70)(H,58,66)(H,59,67)(H,60,65)(H,68,69)(H,61,62,63)/t33?,36?,37?,39-/m0/s1. The van der Waals surface area contributed by atoms with Crippen LogP contribution in [0.15, 0.2) is 78.5 Å². The molecule has 1 atom stereocenters. The van der Waals surface area contributed by atoms with Gasteiger partial charge in [0.2, 0.25) is 17.6 Å². The van der Waals surface area contributed by atoms with Gasteiger partial charge in [-0.25, -0.2) is 14.6 Å². The number of alkyl carbamates (subject to hydrolysis) is 1. The Morgan fingerprint density at radius 3 is 2.06 bits per heavy atom. The van der Waals surface area contributed by atoms with Gasteiger partial charge in [0, 0.05) is 47.4 Å². The number of hydrogen-bond donors (Lipinski definition) is 6. The van der Waals surface area contributed by atoms with E-state index >= 15 is 0 Å². The van der Waals surface area contributed by atoms with Gasteiger partial charge < -0.3 is 30.7 Å². The number of carboxylic acids is 1. The molecule has 382 valence electrons. The van der Waals surface area contributed by atoms with Gasteiger partial charge in [-0.1, -0.05) is 35.9 Å². The normalized spacial score (nSPS) is 18.3. The maximum Gasteiger partial charge on any atom is 0.411 e. The maximum atomic E-state index is 14.6. The van der Waals surface area contributed by atoms with Gasteiger partial charge in [-0.15, -0.1) is 0 Å². The van der Waals surface area contributed by atoms with Crippen molar-refractivity contribution in [2.24, 2.45) is 5.92 Å². The molecular weight excluding hydrogens is 939 g/mol. The summed E-state index contributed by atoms with van der Waals surface area (Å²) in [7, 11) is 4.14. The summed E-state index contributed by atoms with van der Waals surface area (Å²) in [6, 6.07) is 17.5. The van der Waals surface area contributed by atoms with Gasteiger partial charge in [-0.2, -0.15) is 31.4 Å². The SMILES string of the molecule is Cc1cc(C(=O)NC2CCC(N(C)C)CC2)ccc1-c1ccc(C[C@H](NC(=O)C2CCC(=CNC(=O)OC(C)(C)C)CC2)C(=O)Nc2ccc(-c3n[nH]c(C(F)(F)C(F)(F)C(F)(F)C(=O)O)n3)cc2)cc1. The highest BCUT2D eigenvalue weighted by molar-refractivity contribution is 5.98. The number of carbonyl (C=O) groups excluding carboxylic acids is 4. The summed E-state index contributed by atoms with van der Waals surface area (Å²) < 4.78 is 90.0. The van der Waals surface area contributed by atoms with E-state index in [0.717, 1.165) is 47.9 Å². The monoisotopic (exact) mass is 996 g/mol. The minimum Gasteiger partial charge on any atom is -0.477 e. The van der Waals surface area contributed by atoms with Gasteiger partial charge >= 0.3 is 29.8 Å². The number of nitrogens with one attached hydrogen (secondary N) is 5. The number of aromatic nitrogens is 3. The number of rotatable bonds is 16. The summed E-state index contributed by atoms with van der Waals surface area (Å²) in [4.78, 5) is 69.3. The number of halogens is 6. The van der Waals surface area contributed by atoms with E-state index in [0.29, 0.717) is 42.9 Å². The third-order valence-corrected chi connectivity index (χ3v) is 12.6. The van der Waals surface area contributed by atoms with Crippen LogP contribution in [0.25, 0.3) is 22.5 Å². The van der Waals surface area contributed by atoms with Gasteiger partial charge in [0.15, 0.2) is 5.82 Å². The molecule has 0 saturated heterocycles. The predicted molar refractivity (Wildman–Crippen MR) is 251 cm³/mol. The van der Waals surface area contributed by atoms with Crippen LogP contribution in [0.4, 0.5) is 36.8 Å². The van der Waals surface area contributed by atoms with E-state index in [1.807, 2.05) is 43.3 Å². The largest absolute Gasteiger partial charge is 0.477 e. The van der Waals surface area contributed by atoms with Gasteiger partial charge in [-0.05, 0) is 152 Å². The smallest absolute Gasteiger partial charge is 0.411 e. The first-order valence-electron chi connectivity index (χ1n) is 23.1. The van der Waals surface area contributed by atoms with Crippen molar-refractivity contribution in [2.75, 3.05) is 19.4 Å². The Hall–Kier alpha value is -6.77. The molecule has 6 N–H and O–H groups in total. The Morgan fingerprint density at radius 1 is 0.859 bits per heavy atom. The number of anilines is 1. The lowest BCUT2D eigenvalue weighted by Crippen LogP contribution is -2.56. The quantitative estimate of drug-likeness (QED) is 0.0589. The highest BCUT2D eigenvalue weighted by Crippen LogP contribution is 2.50. The Morgan fingerprint density at radius 2 is 1.48 bits per heavy atom. The minimum atomic E-state index is -6.39. The van der Waals surface area contributed by atoms with Crippen LogP contribution in [0.3, 0.4) is 0 Å². The fourth-order valence-corrected chi connectivity index (χ4v) is 8.50. The molecule has 0 aliphatic heterocycles. The second-order valence-corrected chi connectivity index (χ2v) is 19.3. The number of benzene rings is 3. The lowest BCUT2D eigenvalue weighted by Gasteiger charge is -2.33. The van der Waals surface area contributed by atoms with Crippen molar-refractivity contribution in [2.45, 2.75) is 127 Å². The molecule has 0 spiro atoms. The summed E-state index contributed by atoms with van der Waals surface area (Å²) in [6.07, 6.45) is 6.76. The van der Waals surface area contributed by atoms with Crippen LogP contribution < -0.4 is 21.3 Å². The molecule has 0 bridgehead atoms. The molecule has 3 aromatic carbocycles.